The van der Waals surface area contributed by atoms with E-state index < -0.39 is 0 Å². The molecule has 32 heavy (non-hydrogen) atoms. The number of amides is 1. The van der Waals surface area contributed by atoms with Crippen LogP contribution in [-0.2, 0) is 10.5 Å². The van der Waals surface area contributed by atoms with Gasteiger partial charge >= 0.3 is 0 Å². The van der Waals surface area contributed by atoms with Crippen LogP contribution in [0.15, 0.2) is 76.5 Å². The van der Waals surface area contributed by atoms with E-state index in [1.807, 2.05) is 66.1 Å². The lowest BCUT2D eigenvalue weighted by atomic mass is 10.1. The van der Waals surface area contributed by atoms with Crippen molar-refractivity contribution in [2.45, 2.75) is 17.8 Å². The molecule has 0 saturated heterocycles. The fraction of sp³-hybridized carbons (Fsp3) is 0.208. The van der Waals surface area contributed by atoms with Crippen LogP contribution in [0, 0.1) is 6.92 Å². The maximum atomic E-state index is 12.6. The van der Waals surface area contributed by atoms with E-state index in [-0.39, 0.29) is 5.91 Å². The summed E-state index contributed by atoms with van der Waals surface area (Å²) in [5.41, 5.74) is 3.65. The number of nitrogens with zero attached hydrogens (tertiary/aromatic N) is 3. The largest absolute Gasteiger partial charge is 0.461 e. The summed E-state index contributed by atoms with van der Waals surface area (Å²) >= 11 is 1.52. The standard InChI is InChI=1S/C24H24N4O3S/c1-17-7-5-9-19(15-17)28-22(21-11-6-13-31-21)26-27-24(28)32-16-18-8-3-4-10-20(18)23(29)25-12-14-30-2/h3-11,13,15H,12,14,16H2,1-2H3,(H,25,29). The van der Waals surface area contributed by atoms with Crippen LogP contribution in [0.3, 0.4) is 0 Å². The highest BCUT2D eigenvalue weighted by molar-refractivity contribution is 7.98. The highest BCUT2D eigenvalue weighted by Gasteiger charge is 2.19. The fourth-order valence-electron chi connectivity index (χ4n) is 3.30. The number of carbonyl (C=O) groups excluding carboxylic acids is 1. The van der Waals surface area contributed by atoms with Crippen LogP contribution in [0.25, 0.3) is 17.3 Å². The van der Waals surface area contributed by atoms with E-state index in [2.05, 4.69) is 21.6 Å². The van der Waals surface area contributed by atoms with Crippen LogP contribution in [-0.4, -0.2) is 40.9 Å². The van der Waals surface area contributed by atoms with E-state index in [1.165, 1.54) is 11.8 Å². The van der Waals surface area contributed by atoms with E-state index in [1.54, 1.807) is 13.4 Å². The lowest BCUT2D eigenvalue weighted by molar-refractivity contribution is 0.0936. The van der Waals surface area contributed by atoms with Gasteiger partial charge in [-0.15, -0.1) is 10.2 Å². The molecule has 1 amide bonds. The van der Waals surface area contributed by atoms with E-state index in [9.17, 15) is 4.79 Å². The summed E-state index contributed by atoms with van der Waals surface area (Å²) in [6, 6.07) is 19.4. The molecular weight excluding hydrogens is 424 g/mol. The Morgan fingerprint density at radius 1 is 1.12 bits per heavy atom. The summed E-state index contributed by atoms with van der Waals surface area (Å²) < 4.78 is 12.6. The molecular formula is C24H24N4O3S. The van der Waals surface area contributed by atoms with Gasteiger partial charge in [-0.1, -0.05) is 42.1 Å². The number of furan rings is 1. The molecule has 0 spiro atoms. The smallest absolute Gasteiger partial charge is 0.251 e. The van der Waals surface area contributed by atoms with Gasteiger partial charge in [0.2, 0.25) is 5.82 Å². The minimum Gasteiger partial charge on any atom is -0.461 e. The number of hydrogen-bond donors (Lipinski definition) is 1. The first-order valence-electron chi connectivity index (χ1n) is 10.2. The molecule has 8 heteroatoms. The molecule has 0 aliphatic rings. The molecule has 1 N–H and O–H groups in total. The van der Waals surface area contributed by atoms with Gasteiger partial charge in [-0.05, 0) is 48.4 Å². The predicted molar refractivity (Wildman–Crippen MR) is 124 cm³/mol. The zero-order valence-electron chi connectivity index (χ0n) is 17.9. The van der Waals surface area contributed by atoms with Crippen LogP contribution in [0.2, 0.25) is 0 Å². The number of thioether (sulfide) groups is 1. The van der Waals surface area contributed by atoms with E-state index >= 15 is 0 Å². The molecule has 0 unspecified atom stereocenters. The quantitative estimate of drug-likeness (QED) is 0.300. The third-order valence-corrected chi connectivity index (χ3v) is 5.82. The molecule has 2 aromatic carbocycles. The van der Waals surface area contributed by atoms with Gasteiger partial charge in [0.25, 0.3) is 5.91 Å². The van der Waals surface area contributed by atoms with Crippen molar-refractivity contribution in [3.8, 4) is 17.3 Å². The van der Waals surface area contributed by atoms with E-state index in [0.29, 0.717) is 36.1 Å². The van der Waals surface area contributed by atoms with Crippen LogP contribution in [0.4, 0.5) is 0 Å². The van der Waals surface area contributed by atoms with Crippen molar-refractivity contribution in [1.29, 1.82) is 0 Å². The molecule has 0 atom stereocenters. The van der Waals surface area contributed by atoms with Crippen molar-refractivity contribution >= 4 is 17.7 Å². The van der Waals surface area contributed by atoms with Gasteiger partial charge in [0.15, 0.2) is 10.9 Å². The average molecular weight is 449 g/mol. The number of ether oxygens (including phenoxy) is 1. The molecule has 7 nitrogen and oxygen atoms in total. The second-order valence-corrected chi connectivity index (χ2v) is 8.09. The first kappa shape index (κ1) is 21.9. The molecule has 0 fully saturated rings. The van der Waals surface area contributed by atoms with Crippen LogP contribution in [0.5, 0.6) is 0 Å². The van der Waals surface area contributed by atoms with Crippen molar-refractivity contribution in [2.24, 2.45) is 0 Å². The van der Waals surface area contributed by atoms with Crippen LogP contribution < -0.4 is 5.32 Å². The normalized spacial score (nSPS) is 10.9. The molecule has 2 heterocycles. The lowest BCUT2D eigenvalue weighted by Crippen LogP contribution is -2.27. The summed E-state index contributed by atoms with van der Waals surface area (Å²) in [6.07, 6.45) is 1.62. The minimum absolute atomic E-state index is 0.116. The summed E-state index contributed by atoms with van der Waals surface area (Å²) in [5.74, 6) is 1.72. The monoisotopic (exact) mass is 448 g/mol. The molecule has 2 aromatic heterocycles. The average Bonchev–Trinajstić information content (AvgIpc) is 3.48. The Hall–Kier alpha value is -3.36. The van der Waals surface area contributed by atoms with Crippen molar-refractivity contribution < 1.29 is 13.9 Å². The second-order valence-electron chi connectivity index (χ2n) is 7.15. The molecule has 4 aromatic rings. The van der Waals surface area contributed by atoms with Gasteiger partial charge < -0.3 is 14.5 Å². The molecule has 0 saturated carbocycles. The zero-order valence-corrected chi connectivity index (χ0v) is 18.8. The van der Waals surface area contributed by atoms with Crippen molar-refractivity contribution in [2.75, 3.05) is 20.3 Å². The number of aryl methyl sites for hydroxylation is 1. The number of rotatable bonds is 9. The molecule has 0 aliphatic heterocycles. The van der Waals surface area contributed by atoms with Gasteiger partial charge in [0.05, 0.1) is 18.6 Å². The minimum atomic E-state index is -0.116. The molecule has 0 bridgehead atoms. The van der Waals surface area contributed by atoms with Gasteiger partial charge in [-0.2, -0.15) is 0 Å². The second kappa shape index (κ2) is 10.3. The molecule has 4 rings (SSSR count). The summed E-state index contributed by atoms with van der Waals surface area (Å²) in [7, 11) is 1.61. The number of carbonyl (C=O) groups is 1. The Balaban J connectivity index is 1.62. The van der Waals surface area contributed by atoms with Crippen molar-refractivity contribution in [3.05, 3.63) is 83.6 Å². The number of nitrogens with one attached hydrogen (secondary N) is 1. The number of aromatic nitrogens is 3. The summed E-state index contributed by atoms with van der Waals surface area (Å²) in [5, 5.41) is 12.4. The summed E-state index contributed by atoms with van der Waals surface area (Å²) in [4.78, 5) is 12.6. The summed E-state index contributed by atoms with van der Waals surface area (Å²) in [6.45, 7) is 2.98. The highest BCUT2D eigenvalue weighted by Crippen LogP contribution is 2.30. The zero-order chi connectivity index (χ0) is 22.3. The van der Waals surface area contributed by atoms with Gasteiger partial charge in [0, 0.05) is 25.0 Å². The molecule has 164 valence electrons. The predicted octanol–water partition coefficient (Wildman–Crippen LogP) is 4.50. The number of benzene rings is 2. The molecule has 0 aliphatic carbocycles. The lowest BCUT2D eigenvalue weighted by Gasteiger charge is -2.12. The Morgan fingerprint density at radius 2 is 2.00 bits per heavy atom. The SMILES string of the molecule is COCCNC(=O)c1ccccc1CSc1nnc(-c2ccco2)n1-c1cccc(C)c1. The Labute approximate surface area is 190 Å². The first-order valence-corrected chi connectivity index (χ1v) is 11.2. The third-order valence-electron chi connectivity index (χ3n) is 4.85. The maximum Gasteiger partial charge on any atom is 0.251 e. The highest BCUT2D eigenvalue weighted by atomic mass is 32.2. The first-order chi connectivity index (χ1) is 15.7. The van der Waals surface area contributed by atoms with E-state index in [4.69, 9.17) is 9.15 Å². The van der Waals surface area contributed by atoms with Gasteiger partial charge in [0.1, 0.15) is 0 Å². The topological polar surface area (TPSA) is 82.2 Å². The Kier molecular flexibility index (Phi) is 7.03. The third kappa shape index (κ3) is 4.92. The number of methoxy groups -OCH3 is 1. The van der Waals surface area contributed by atoms with Gasteiger partial charge in [-0.25, -0.2) is 0 Å². The molecule has 0 radical (unpaired) electrons. The fourth-order valence-corrected chi connectivity index (χ4v) is 4.26. The van der Waals surface area contributed by atoms with Crippen molar-refractivity contribution in [1.82, 2.24) is 20.1 Å². The Morgan fingerprint density at radius 3 is 2.78 bits per heavy atom. The van der Waals surface area contributed by atoms with Crippen LogP contribution >= 0.6 is 11.8 Å². The van der Waals surface area contributed by atoms with Crippen molar-refractivity contribution in [3.63, 3.8) is 0 Å². The van der Waals surface area contributed by atoms with Gasteiger partial charge in [-0.3, -0.25) is 9.36 Å². The number of hydrogen-bond acceptors (Lipinski definition) is 6. The van der Waals surface area contributed by atoms with E-state index in [0.717, 1.165) is 22.0 Å². The Bertz CT molecular complexity index is 1190. The maximum absolute atomic E-state index is 12.6. The van der Waals surface area contributed by atoms with Crippen LogP contribution in [0.1, 0.15) is 21.5 Å².